The van der Waals surface area contributed by atoms with Crippen LogP contribution in [0.3, 0.4) is 0 Å². The quantitative estimate of drug-likeness (QED) is 0.883. The summed E-state index contributed by atoms with van der Waals surface area (Å²) in [5.74, 6) is -3.04. The first-order chi connectivity index (χ1) is 13.4. The van der Waals surface area contributed by atoms with Gasteiger partial charge in [-0.25, -0.2) is 8.78 Å². The van der Waals surface area contributed by atoms with Crippen molar-refractivity contribution in [3.63, 3.8) is 0 Å². The van der Waals surface area contributed by atoms with E-state index in [1.165, 1.54) is 9.80 Å². The number of nitrogens with zero attached hydrogens (tertiary/aromatic N) is 2. The second-order valence-corrected chi connectivity index (χ2v) is 6.72. The number of rotatable bonds is 3. The lowest BCUT2D eigenvalue weighted by atomic mass is 9.95. The van der Waals surface area contributed by atoms with Gasteiger partial charge in [0, 0.05) is 31.1 Å². The minimum absolute atomic E-state index is 0.0725. The van der Waals surface area contributed by atoms with E-state index in [4.69, 9.17) is 0 Å². The Hall–Kier alpha value is -3.29. The fourth-order valence-corrected chi connectivity index (χ4v) is 4.06. The van der Waals surface area contributed by atoms with Gasteiger partial charge in [-0.05, 0) is 31.2 Å². The Morgan fingerprint density at radius 2 is 1.82 bits per heavy atom. The van der Waals surface area contributed by atoms with Crippen molar-refractivity contribution in [1.29, 1.82) is 0 Å². The number of benzene rings is 2. The molecule has 1 N–H and O–H groups in total. The molecule has 0 spiro atoms. The van der Waals surface area contributed by atoms with Crippen LogP contribution < -0.4 is 10.2 Å². The molecule has 0 bridgehead atoms. The average molecular weight is 385 g/mol. The number of nitrogens with one attached hydrogen (secondary N) is 1. The standard InChI is InChI=1S/C20H17F2N3O3/c1-2-24-18(27)15-5-3-4-6-16(15)25-17(26)7-8-20(24,25)19(28)23-14-10-12(21)9-13(22)11-14/h3-6,9-11H,2,7-8H2,1H3,(H,23,28)/t20-/m1/s1. The van der Waals surface area contributed by atoms with Crippen molar-refractivity contribution in [3.8, 4) is 0 Å². The molecule has 1 saturated heterocycles. The van der Waals surface area contributed by atoms with Crippen LogP contribution in [0.4, 0.5) is 20.2 Å². The Kier molecular flexibility index (Phi) is 4.14. The van der Waals surface area contributed by atoms with Crippen molar-refractivity contribution >= 4 is 29.1 Å². The van der Waals surface area contributed by atoms with Crippen LogP contribution in [0.25, 0.3) is 0 Å². The Bertz CT molecular complexity index is 990. The minimum atomic E-state index is -1.58. The average Bonchev–Trinajstić information content (AvgIpc) is 3.00. The predicted molar refractivity (Wildman–Crippen MR) is 97.6 cm³/mol. The van der Waals surface area contributed by atoms with Gasteiger partial charge in [0.25, 0.3) is 11.8 Å². The van der Waals surface area contributed by atoms with E-state index in [1.54, 1.807) is 31.2 Å². The third-order valence-corrected chi connectivity index (χ3v) is 5.17. The van der Waals surface area contributed by atoms with Gasteiger partial charge < -0.3 is 10.2 Å². The van der Waals surface area contributed by atoms with E-state index in [2.05, 4.69) is 5.32 Å². The molecule has 144 valence electrons. The Morgan fingerprint density at radius 3 is 2.50 bits per heavy atom. The lowest BCUT2D eigenvalue weighted by Gasteiger charge is -2.48. The molecule has 2 heterocycles. The molecule has 2 aliphatic rings. The zero-order chi connectivity index (χ0) is 20.1. The third kappa shape index (κ3) is 2.48. The molecule has 28 heavy (non-hydrogen) atoms. The topological polar surface area (TPSA) is 69.7 Å². The molecular weight excluding hydrogens is 368 g/mol. The van der Waals surface area contributed by atoms with Gasteiger partial charge in [-0.15, -0.1) is 0 Å². The van der Waals surface area contributed by atoms with Crippen molar-refractivity contribution in [2.24, 2.45) is 0 Å². The lowest BCUT2D eigenvalue weighted by molar-refractivity contribution is -0.128. The number of carbonyl (C=O) groups excluding carboxylic acids is 3. The number of amides is 3. The Balaban J connectivity index is 1.83. The second-order valence-electron chi connectivity index (χ2n) is 6.72. The van der Waals surface area contributed by atoms with Crippen molar-refractivity contribution in [2.45, 2.75) is 25.4 Å². The number of halogens is 2. The van der Waals surface area contributed by atoms with Gasteiger partial charge in [0.15, 0.2) is 0 Å². The molecule has 2 aliphatic heterocycles. The minimum Gasteiger partial charge on any atom is -0.322 e. The highest BCUT2D eigenvalue weighted by Crippen LogP contribution is 2.44. The van der Waals surface area contributed by atoms with Gasteiger partial charge in [0.1, 0.15) is 11.6 Å². The molecule has 0 radical (unpaired) electrons. The summed E-state index contributed by atoms with van der Waals surface area (Å²) in [6.07, 6.45) is 0.159. The number of anilines is 2. The number of fused-ring (bicyclic) bond motifs is 3. The summed E-state index contributed by atoms with van der Waals surface area (Å²) >= 11 is 0. The molecule has 1 fully saturated rings. The fraction of sp³-hybridized carbons (Fsp3) is 0.250. The summed E-state index contributed by atoms with van der Waals surface area (Å²) in [6, 6.07) is 9.25. The summed E-state index contributed by atoms with van der Waals surface area (Å²) in [5.41, 5.74) is -0.973. The summed E-state index contributed by atoms with van der Waals surface area (Å²) in [5, 5.41) is 2.48. The molecule has 8 heteroatoms. The van der Waals surface area contributed by atoms with Crippen LogP contribution in [0.5, 0.6) is 0 Å². The van der Waals surface area contributed by atoms with E-state index >= 15 is 0 Å². The first-order valence-corrected chi connectivity index (χ1v) is 8.90. The molecule has 0 aliphatic carbocycles. The zero-order valence-corrected chi connectivity index (χ0v) is 15.0. The molecule has 2 aromatic rings. The van der Waals surface area contributed by atoms with Gasteiger partial charge >= 0.3 is 0 Å². The van der Waals surface area contributed by atoms with Crippen LogP contribution >= 0.6 is 0 Å². The maximum absolute atomic E-state index is 13.5. The van der Waals surface area contributed by atoms with E-state index in [0.717, 1.165) is 12.1 Å². The van der Waals surface area contributed by atoms with Crippen LogP contribution in [0, 0.1) is 11.6 Å². The molecule has 4 rings (SSSR count). The van der Waals surface area contributed by atoms with Crippen molar-refractivity contribution in [3.05, 3.63) is 59.7 Å². The SMILES string of the molecule is CCN1C(=O)c2ccccc2N2C(=O)CC[C@@]12C(=O)Nc1cc(F)cc(F)c1. The van der Waals surface area contributed by atoms with Gasteiger partial charge in [0.2, 0.25) is 11.6 Å². The second kappa shape index (κ2) is 6.40. The molecule has 2 aromatic carbocycles. The highest BCUT2D eigenvalue weighted by atomic mass is 19.1. The molecular formula is C20H17F2N3O3. The first-order valence-electron chi connectivity index (χ1n) is 8.90. The van der Waals surface area contributed by atoms with Crippen molar-refractivity contribution in [1.82, 2.24) is 4.90 Å². The Morgan fingerprint density at radius 1 is 1.14 bits per heavy atom. The van der Waals surface area contributed by atoms with Crippen LogP contribution in [0.2, 0.25) is 0 Å². The van der Waals surface area contributed by atoms with Gasteiger partial charge in [0.05, 0.1) is 11.3 Å². The monoisotopic (exact) mass is 385 g/mol. The predicted octanol–water partition coefficient (Wildman–Crippen LogP) is 2.90. The summed E-state index contributed by atoms with van der Waals surface area (Å²) in [7, 11) is 0. The zero-order valence-electron chi connectivity index (χ0n) is 15.0. The number of likely N-dealkylation sites (N-methyl/N-ethyl adjacent to an activating group) is 1. The van der Waals surface area contributed by atoms with Crippen LogP contribution in [0.15, 0.2) is 42.5 Å². The van der Waals surface area contributed by atoms with Gasteiger partial charge in [-0.2, -0.15) is 0 Å². The van der Waals surface area contributed by atoms with E-state index < -0.39 is 23.2 Å². The fourth-order valence-electron chi connectivity index (χ4n) is 4.06. The highest BCUT2D eigenvalue weighted by Gasteiger charge is 2.60. The number of hydrogen-bond acceptors (Lipinski definition) is 3. The van der Waals surface area contributed by atoms with E-state index in [-0.39, 0.29) is 36.9 Å². The smallest absolute Gasteiger partial charge is 0.271 e. The summed E-state index contributed by atoms with van der Waals surface area (Å²) in [6.45, 7) is 1.89. The number of carbonyl (C=O) groups is 3. The van der Waals surface area contributed by atoms with Crippen LogP contribution in [0.1, 0.15) is 30.1 Å². The molecule has 0 unspecified atom stereocenters. The van der Waals surface area contributed by atoms with Gasteiger partial charge in [-0.3, -0.25) is 19.3 Å². The molecule has 0 saturated carbocycles. The lowest BCUT2D eigenvalue weighted by Crippen LogP contribution is -2.69. The maximum atomic E-state index is 13.5. The van der Waals surface area contributed by atoms with Crippen LogP contribution in [-0.4, -0.2) is 34.8 Å². The van der Waals surface area contributed by atoms with Crippen molar-refractivity contribution < 1.29 is 23.2 Å². The van der Waals surface area contributed by atoms with Gasteiger partial charge in [-0.1, -0.05) is 12.1 Å². The summed E-state index contributed by atoms with van der Waals surface area (Å²) < 4.78 is 27.1. The molecule has 0 aromatic heterocycles. The van der Waals surface area contributed by atoms with Crippen LogP contribution in [-0.2, 0) is 9.59 Å². The molecule has 1 atom stereocenters. The van der Waals surface area contributed by atoms with E-state index in [9.17, 15) is 23.2 Å². The highest BCUT2D eigenvalue weighted by molar-refractivity contribution is 6.18. The summed E-state index contributed by atoms with van der Waals surface area (Å²) in [4.78, 5) is 41.7. The van der Waals surface area contributed by atoms with E-state index in [1.807, 2.05) is 0 Å². The number of hydrogen-bond donors (Lipinski definition) is 1. The first kappa shape index (κ1) is 18.1. The largest absolute Gasteiger partial charge is 0.322 e. The molecule has 3 amide bonds. The van der Waals surface area contributed by atoms with Crippen molar-refractivity contribution in [2.75, 3.05) is 16.8 Å². The number of para-hydroxylation sites is 1. The Labute approximate surface area is 159 Å². The maximum Gasteiger partial charge on any atom is 0.271 e. The molecule has 6 nitrogen and oxygen atoms in total. The normalized spacial score (nSPS) is 20.8. The third-order valence-electron chi connectivity index (χ3n) is 5.17. The van der Waals surface area contributed by atoms with E-state index in [0.29, 0.717) is 17.3 Å².